The fraction of sp³-hybridized carbons (Fsp3) is 0.636. The highest BCUT2D eigenvalue weighted by atomic mass is 16.5. The second-order valence-corrected chi connectivity index (χ2v) is 3.99. The van der Waals surface area contributed by atoms with Gasteiger partial charge in [0.2, 0.25) is 0 Å². The lowest BCUT2D eigenvalue weighted by Crippen LogP contribution is -2.16. The first-order chi connectivity index (χ1) is 7.74. The summed E-state index contributed by atoms with van der Waals surface area (Å²) in [6.07, 6.45) is 8.34. The maximum Gasteiger partial charge on any atom is 0.270 e. The molecule has 1 aromatic rings. The van der Waals surface area contributed by atoms with Crippen LogP contribution in [-0.2, 0) is 0 Å². The topological polar surface area (TPSA) is 95.1 Å². The molecule has 90 valence electrons. The van der Waals surface area contributed by atoms with E-state index in [1.807, 2.05) is 0 Å². The molecule has 0 radical (unpaired) electrons. The molecule has 0 aliphatic heterocycles. The van der Waals surface area contributed by atoms with Gasteiger partial charge in [0.1, 0.15) is 6.26 Å². The highest BCUT2D eigenvalue weighted by molar-refractivity contribution is 5.90. The van der Waals surface area contributed by atoms with Crippen molar-refractivity contribution in [3.8, 4) is 0 Å². The molecule has 1 aromatic heterocycles. The fourth-order valence-electron chi connectivity index (χ4n) is 1.76. The van der Waals surface area contributed by atoms with E-state index in [-0.39, 0.29) is 5.69 Å². The smallest absolute Gasteiger partial charge is 0.270 e. The Morgan fingerprint density at radius 2 is 2.12 bits per heavy atom. The molecule has 0 unspecified atom stereocenters. The van der Waals surface area contributed by atoms with Gasteiger partial charge in [0, 0.05) is 6.07 Å². The molecule has 1 aliphatic rings. The van der Waals surface area contributed by atoms with Gasteiger partial charge in [-0.15, -0.1) is 0 Å². The molecule has 5 nitrogen and oxygen atoms in total. The third kappa shape index (κ3) is 4.44. The Morgan fingerprint density at radius 1 is 1.44 bits per heavy atom. The molecule has 0 aromatic carbocycles. The predicted octanol–water partition coefficient (Wildman–Crippen LogP) is 1.30. The minimum atomic E-state index is -0.571. The zero-order valence-corrected chi connectivity index (χ0v) is 9.39. The number of nitrogens with zero attached hydrogens (tertiary/aromatic N) is 1. The van der Waals surface area contributed by atoms with Gasteiger partial charge >= 0.3 is 0 Å². The average Bonchev–Trinajstić information content (AvgIpc) is 2.85. The van der Waals surface area contributed by atoms with Crippen LogP contribution in [0.3, 0.4) is 0 Å². The summed E-state index contributed by atoms with van der Waals surface area (Å²) < 4.78 is 4.32. The molecule has 1 saturated carbocycles. The highest BCUT2D eigenvalue weighted by Crippen LogP contribution is 2.21. The molecule has 4 N–H and O–H groups in total. The van der Waals surface area contributed by atoms with E-state index in [1.54, 1.807) is 0 Å². The van der Waals surface area contributed by atoms with Crippen molar-refractivity contribution < 1.29 is 9.32 Å². The molecular formula is C11H19N3O2. The Kier molecular flexibility index (Phi) is 5.56. The maximum absolute atomic E-state index is 10.2. The van der Waals surface area contributed by atoms with Gasteiger partial charge < -0.3 is 16.0 Å². The fourth-order valence-corrected chi connectivity index (χ4v) is 1.76. The molecular weight excluding hydrogens is 206 g/mol. The monoisotopic (exact) mass is 225 g/mol. The Labute approximate surface area is 95.2 Å². The lowest BCUT2D eigenvalue weighted by atomic mass is 9.90. The lowest BCUT2D eigenvalue weighted by Gasteiger charge is -2.18. The Balaban J connectivity index is 0.000000160. The normalized spacial score (nSPS) is 16.3. The van der Waals surface area contributed by atoms with E-state index in [1.165, 1.54) is 44.4 Å². The van der Waals surface area contributed by atoms with Crippen molar-refractivity contribution in [2.45, 2.75) is 32.1 Å². The molecule has 0 atom stereocenters. The predicted molar refractivity (Wildman–Crippen MR) is 60.7 cm³/mol. The number of hydrogen-bond acceptors (Lipinski definition) is 4. The SMILES string of the molecule is NC(=O)c1ccon1.NCC1CCCCC1. The number of nitrogens with two attached hydrogens (primary N) is 2. The first-order valence-electron chi connectivity index (χ1n) is 5.64. The molecule has 5 heteroatoms. The van der Waals surface area contributed by atoms with Crippen LogP contribution in [0.4, 0.5) is 0 Å². The molecule has 1 amide bonds. The molecule has 1 heterocycles. The van der Waals surface area contributed by atoms with Crippen LogP contribution in [0, 0.1) is 5.92 Å². The number of carbonyl (C=O) groups is 1. The van der Waals surface area contributed by atoms with Gasteiger partial charge in [0.05, 0.1) is 0 Å². The summed E-state index contributed by atoms with van der Waals surface area (Å²) in [6, 6.07) is 1.41. The van der Waals surface area contributed by atoms with Crippen molar-refractivity contribution >= 4 is 5.91 Å². The van der Waals surface area contributed by atoms with Gasteiger partial charge in [-0.25, -0.2) is 0 Å². The van der Waals surface area contributed by atoms with Gasteiger partial charge in [0.15, 0.2) is 5.69 Å². The highest BCUT2D eigenvalue weighted by Gasteiger charge is 2.09. The standard InChI is InChI=1S/C7H15N.C4H4N2O2/c8-6-7-4-2-1-3-5-7;5-4(7)3-1-2-8-6-3/h7H,1-6,8H2;1-2H,(H2,5,7). The zero-order valence-electron chi connectivity index (χ0n) is 9.39. The summed E-state index contributed by atoms with van der Waals surface area (Å²) in [5.41, 5.74) is 10.5. The lowest BCUT2D eigenvalue weighted by molar-refractivity contribution is 0.0991. The molecule has 0 saturated heterocycles. The summed E-state index contributed by atoms with van der Waals surface area (Å²) in [5, 5.41) is 3.27. The first kappa shape index (κ1) is 12.7. The van der Waals surface area contributed by atoms with Gasteiger partial charge in [-0.1, -0.05) is 24.4 Å². The Morgan fingerprint density at radius 3 is 2.44 bits per heavy atom. The summed E-state index contributed by atoms with van der Waals surface area (Å²) in [7, 11) is 0. The molecule has 1 fully saturated rings. The van der Waals surface area contributed by atoms with Crippen LogP contribution >= 0.6 is 0 Å². The second-order valence-electron chi connectivity index (χ2n) is 3.99. The van der Waals surface area contributed by atoms with Crippen LogP contribution in [0.2, 0.25) is 0 Å². The van der Waals surface area contributed by atoms with Gasteiger partial charge in [-0.2, -0.15) is 0 Å². The summed E-state index contributed by atoms with van der Waals surface area (Å²) >= 11 is 0. The van der Waals surface area contributed by atoms with E-state index in [0.717, 1.165) is 12.5 Å². The first-order valence-corrected chi connectivity index (χ1v) is 5.64. The minimum absolute atomic E-state index is 0.157. The summed E-state index contributed by atoms with van der Waals surface area (Å²) in [5.74, 6) is 0.294. The van der Waals surface area contributed by atoms with Crippen molar-refractivity contribution in [1.82, 2.24) is 5.16 Å². The molecule has 0 spiro atoms. The van der Waals surface area contributed by atoms with Crippen molar-refractivity contribution in [3.05, 3.63) is 18.0 Å². The zero-order chi connectivity index (χ0) is 11.8. The van der Waals surface area contributed by atoms with Crippen LogP contribution < -0.4 is 11.5 Å². The number of primary amides is 1. The summed E-state index contributed by atoms with van der Waals surface area (Å²) in [4.78, 5) is 10.2. The van der Waals surface area contributed by atoms with Crippen molar-refractivity contribution in [2.75, 3.05) is 6.54 Å². The third-order valence-electron chi connectivity index (χ3n) is 2.75. The van der Waals surface area contributed by atoms with Crippen molar-refractivity contribution in [2.24, 2.45) is 17.4 Å². The average molecular weight is 225 g/mol. The van der Waals surface area contributed by atoms with Crippen molar-refractivity contribution in [1.29, 1.82) is 0 Å². The maximum atomic E-state index is 10.2. The number of carbonyl (C=O) groups excluding carboxylic acids is 1. The molecule has 2 rings (SSSR count). The summed E-state index contributed by atoms with van der Waals surface area (Å²) in [6.45, 7) is 0.917. The van der Waals surface area contributed by atoms with Gasteiger partial charge in [-0.3, -0.25) is 4.79 Å². The van der Waals surface area contributed by atoms with Gasteiger partial charge in [-0.05, 0) is 25.3 Å². The quantitative estimate of drug-likeness (QED) is 0.793. The van der Waals surface area contributed by atoms with E-state index in [2.05, 4.69) is 9.68 Å². The minimum Gasteiger partial charge on any atom is -0.364 e. The van der Waals surface area contributed by atoms with E-state index in [9.17, 15) is 4.79 Å². The van der Waals surface area contributed by atoms with Crippen LogP contribution in [0.25, 0.3) is 0 Å². The van der Waals surface area contributed by atoms with E-state index < -0.39 is 5.91 Å². The molecule has 1 aliphatic carbocycles. The molecule has 16 heavy (non-hydrogen) atoms. The van der Waals surface area contributed by atoms with Crippen LogP contribution in [-0.4, -0.2) is 17.6 Å². The van der Waals surface area contributed by atoms with E-state index in [4.69, 9.17) is 11.5 Å². The second kappa shape index (κ2) is 7.00. The van der Waals surface area contributed by atoms with E-state index in [0.29, 0.717) is 0 Å². The van der Waals surface area contributed by atoms with Crippen molar-refractivity contribution in [3.63, 3.8) is 0 Å². The van der Waals surface area contributed by atoms with Crippen LogP contribution in [0.15, 0.2) is 16.9 Å². The number of aromatic nitrogens is 1. The number of hydrogen-bond donors (Lipinski definition) is 2. The van der Waals surface area contributed by atoms with E-state index >= 15 is 0 Å². The molecule has 0 bridgehead atoms. The number of rotatable bonds is 2. The Hall–Kier alpha value is -1.36. The number of amides is 1. The Bertz CT molecular complexity index is 292. The van der Waals surface area contributed by atoms with Crippen LogP contribution in [0.5, 0.6) is 0 Å². The van der Waals surface area contributed by atoms with Gasteiger partial charge in [0.25, 0.3) is 5.91 Å². The third-order valence-corrected chi connectivity index (χ3v) is 2.75. The largest absolute Gasteiger partial charge is 0.364 e. The van der Waals surface area contributed by atoms with Crippen LogP contribution in [0.1, 0.15) is 42.6 Å².